The van der Waals surface area contributed by atoms with Crippen LogP contribution >= 0.6 is 11.3 Å². The van der Waals surface area contributed by atoms with E-state index in [1.165, 1.54) is 11.3 Å². The second-order valence-electron chi connectivity index (χ2n) is 3.89. The Bertz CT molecular complexity index is 325. The third-order valence-corrected chi connectivity index (χ3v) is 3.56. The van der Waals surface area contributed by atoms with Gasteiger partial charge in [0.05, 0.1) is 6.54 Å². The first-order chi connectivity index (χ1) is 7.29. The quantitative estimate of drug-likeness (QED) is 0.763. The van der Waals surface area contributed by atoms with Gasteiger partial charge in [-0.05, 0) is 25.4 Å². The summed E-state index contributed by atoms with van der Waals surface area (Å²) in [5.74, 6) is 0.691. The number of carbonyl (C=O) groups is 1. The van der Waals surface area contributed by atoms with Crippen LogP contribution in [0, 0.1) is 5.92 Å². The number of carbonyl (C=O) groups excluding carboxylic acids is 1. The van der Waals surface area contributed by atoms with Gasteiger partial charge in [0, 0.05) is 18.1 Å². The van der Waals surface area contributed by atoms with Crippen molar-refractivity contribution in [3.8, 4) is 0 Å². The van der Waals surface area contributed by atoms with Crippen molar-refractivity contribution in [3.63, 3.8) is 0 Å². The maximum Gasteiger partial charge on any atom is 0.205 e. The number of nitrogens with two attached hydrogens (primary N) is 1. The molecule has 4 nitrogen and oxygen atoms in total. The van der Waals surface area contributed by atoms with E-state index in [1.807, 2.05) is 5.38 Å². The molecule has 5 heteroatoms. The molecule has 0 aliphatic carbocycles. The summed E-state index contributed by atoms with van der Waals surface area (Å²) in [4.78, 5) is 17.9. The van der Waals surface area contributed by atoms with Crippen molar-refractivity contribution >= 4 is 17.1 Å². The number of ketones is 1. The highest BCUT2D eigenvalue weighted by atomic mass is 32.1. The lowest BCUT2D eigenvalue weighted by atomic mass is 10.1. The lowest BCUT2D eigenvalue weighted by Crippen LogP contribution is -2.28. The Hall–Kier alpha value is -0.780. The average molecular weight is 225 g/mol. The lowest BCUT2D eigenvalue weighted by Gasteiger charge is -2.13. The molecule has 1 saturated heterocycles. The van der Waals surface area contributed by atoms with Gasteiger partial charge < -0.3 is 5.73 Å². The molecular weight excluding hydrogens is 210 g/mol. The van der Waals surface area contributed by atoms with Crippen molar-refractivity contribution in [2.75, 3.05) is 26.2 Å². The van der Waals surface area contributed by atoms with E-state index in [-0.39, 0.29) is 5.78 Å². The molecule has 0 bridgehead atoms. The number of aromatic nitrogens is 1. The molecule has 1 unspecified atom stereocenters. The molecule has 2 heterocycles. The monoisotopic (exact) mass is 225 g/mol. The number of hydrogen-bond donors (Lipinski definition) is 1. The molecule has 0 amide bonds. The molecule has 1 fully saturated rings. The summed E-state index contributed by atoms with van der Waals surface area (Å²) in [5.41, 5.74) is 5.60. The first kappa shape index (κ1) is 10.7. The SMILES string of the molecule is NCC1CCN(CC(=O)c2nccs2)C1. The number of likely N-dealkylation sites (tertiary alicyclic amines) is 1. The maximum atomic E-state index is 11.7. The fourth-order valence-electron chi connectivity index (χ4n) is 1.88. The average Bonchev–Trinajstić information content (AvgIpc) is 2.87. The van der Waals surface area contributed by atoms with Crippen LogP contribution in [-0.4, -0.2) is 41.8 Å². The zero-order chi connectivity index (χ0) is 10.7. The molecule has 0 spiro atoms. The maximum absolute atomic E-state index is 11.7. The first-order valence-electron chi connectivity index (χ1n) is 5.14. The van der Waals surface area contributed by atoms with Crippen LogP contribution in [0.1, 0.15) is 16.2 Å². The largest absolute Gasteiger partial charge is 0.330 e. The minimum Gasteiger partial charge on any atom is -0.330 e. The number of rotatable bonds is 4. The Balaban J connectivity index is 1.86. The minimum atomic E-state index is 0.127. The Labute approximate surface area is 93.1 Å². The van der Waals surface area contributed by atoms with Gasteiger partial charge in [-0.2, -0.15) is 0 Å². The van der Waals surface area contributed by atoms with Crippen molar-refractivity contribution in [3.05, 3.63) is 16.6 Å². The molecule has 2 rings (SSSR count). The smallest absolute Gasteiger partial charge is 0.205 e. The summed E-state index contributed by atoms with van der Waals surface area (Å²) >= 11 is 1.41. The Morgan fingerprint density at radius 3 is 3.20 bits per heavy atom. The van der Waals surface area contributed by atoms with Crippen molar-refractivity contribution in [1.29, 1.82) is 0 Å². The normalized spacial score (nSPS) is 22.1. The van der Waals surface area contributed by atoms with Crippen LogP contribution in [0.15, 0.2) is 11.6 Å². The summed E-state index contributed by atoms with van der Waals surface area (Å²) < 4.78 is 0. The summed E-state index contributed by atoms with van der Waals surface area (Å²) in [6.07, 6.45) is 2.78. The van der Waals surface area contributed by atoms with E-state index in [0.29, 0.717) is 17.5 Å². The van der Waals surface area contributed by atoms with Crippen molar-refractivity contribution < 1.29 is 4.79 Å². The van der Waals surface area contributed by atoms with Gasteiger partial charge in [0.1, 0.15) is 0 Å². The van der Waals surface area contributed by atoms with Gasteiger partial charge in [0.2, 0.25) is 5.78 Å². The molecule has 1 atom stereocenters. The molecule has 82 valence electrons. The molecule has 1 aliphatic rings. The van der Waals surface area contributed by atoms with Gasteiger partial charge in [-0.25, -0.2) is 4.98 Å². The number of Topliss-reactive ketones (excluding diaryl/α,β-unsaturated/α-hetero) is 1. The number of nitrogens with zero attached hydrogens (tertiary/aromatic N) is 2. The third-order valence-electron chi connectivity index (χ3n) is 2.74. The van der Waals surface area contributed by atoms with Crippen LogP contribution in [0.4, 0.5) is 0 Å². The van der Waals surface area contributed by atoms with E-state index in [4.69, 9.17) is 5.73 Å². The summed E-state index contributed by atoms with van der Waals surface area (Å²) in [6, 6.07) is 0. The number of hydrogen-bond acceptors (Lipinski definition) is 5. The lowest BCUT2D eigenvalue weighted by molar-refractivity contribution is 0.0943. The van der Waals surface area contributed by atoms with Crippen LogP contribution in [0.25, 0.3) is 0 Å². The van der Waals surface area contributed by atoms with Crippen molar-refractivity contribution in [1.82, 2.24) is 9.88 Å². The van der Waals surface area contributed by atoms with E-state index in [9.17, 15) is 4.79 Å². The molecule has 0 aromatic carbocycles. The first-order valence-corrected chi connectivity index (χ1v) is 6.02. The van der Waals surface area contributed by atoms with E-state index < -0.39 is 0 Å². The van der Waals surface area contributed by atoms with Crippen molar-refractivity contribution in [2.24, 2.45) is 11.7 Å². The van der Waals surface area contributed by atoms with Gasteiger partial charge >= 0.3 is 0 Å². The fourth-order valence-corrected chi connectivity index (χ4v) is 2.45. The van der Waals surface area contributed by atoms with E-state index >= 15 is 0 Å². The zero-order valence-corrected chi connectivity index (χ0v) is 9.37. The Kier molecular flexibility index (Phi) is 3.45. The third kappa shape index (κ3) is 2.62. The molecule has 0 saturated carbocycles. The Morgan fingerprint density at radius 2 is 2.60 bits per heavy atom. The van der Waals surface area contributed by atoms with Crippen LogP contribution in [-0.2, 0) is 0 Å². The standard InChI is InChI=1S/C10H15N3OS/c11-5-8-1-3-13(6-8)7-9(14)10-12-2-4-15-10/h2,4,8H,1,3,5-7,11H2. The van der Waals surface area contributed by atoms with Crippen LogP contribution < -0.4 is 5.73 Å². The highest BCUT2D eigenvalue weighted by Crippen LogP contribution is 2.15. The van der Waals surface area contributed by atoms with Gasteiger partial charge in [-0.1, -0.05) is 0 Å². The second-order valence-corrected chi connectivity index (χ2v) is 4.78. The van der Waals surface area contributed by atoms with Gasteiger partial charge in [-0.15, -0.1) is 11.3 Å². The Morgan fingerprint density at radius 1 is 1.73 bits per heavy atom. The summed E-state index contributed by atoms with van der Waals surface area (Å²) in [7, 11) is 0. The van der Waals surface area contributed by atoms with Gasteiger partial charge in [0.15, 0.2) is 5.01 Å². The highest BCUT2D eigenvalue weighted by molar-refractivity contribution is 7.11. The molecular formula is C10H15N3OS. The highest BCUT2D eigenvalue weighted by Gasteiger charge is 2.23. The molecule has 15 heavy (non-hydrogen) atoms. The van der Waals surface area contributed by atoms with Crippen LogP contribution in [0.3, 0.4) is 0 Å². The predicted octanol–water partition coefficient (Wildman–Crippen LogP) is 0.606. The predicted molar refractivity (Wildman–Crippen MR) is 60.0 cm³/mol. The fraction of sp³-hybridized carbons (Fsp3) is 0.600. The summed E-state index contributed by atoms with van der Waals surface area (Å²) in [5, 5.41) is 2.45. The van der Waals surface area contributed by atoms with E-state index in [1.54, 1.807) is 6.20 Å². The molecule has 0 radical (unpaired) electrons. The van der Waals surface area contributed by atoms with Gasteiger partial charge in [-0.3, -0.25) is 9.69 Å². The number of thiazole rings is 1. The van der Waals surface area contributed by atoms with Crippen LogP contribution in [0.5, 0.6) is 0 Å². The molecule has 2 N–H and O–H groups in total. The van der Waals surface area contributed by atoms with E-state index in [0.717, 1.165) is 26.1 Å². The topological polar surface area (TPSA) is 59.2 Å². The van der Waals surface area contributed by atoms with Gasteiger partial charge in [0.25, 0.3) is 0 Å². The van der Waals surface area contributed by atoms with E-state index in [2.05, 4.69) is 9.88 Å². The van der Waals surface area contributed by atoms with Crippen molar-refractivity contribution in [2.45, 2.75) is 6.42 Å². The van der Waals surface area contributed by atoms with Crippen LogP contribution in [0.2, 0.25) is 0 Å². The molecule has 1 aromatic heterocycles. The molecule has 1 aliphatic heterocycles. The zero-order valence-electron chi connectivity index (χ0n) is 8.56. The second kappa shape index (κ2) is 4.83. The molecule has 1 aromatic rings. The summed E-state index contributed by atoms with van der Waals surface area (Å²) in [6.45, 7) is 3.15. The minimum absolute atomic E-state index is 0.127.